The van der Waals surface area contributed by atoms with Crippen molar-refractivity contribution < 1.29 is 13.2 Å². The minimum atomic E-state index is -3.22. The Balaban J connectivity index is 1.43. The van der Waals surface area contributed by atoms with Crippen LogP contribution < -0.4 is 4.72 Å². The molecule has 2 atom stereocenters. The number of nitrogens with zero attached hydrogens (tertiary/aromatic N) is 1. The van der Waals surface area contributed by atoms with E-state index in [4.69, 9.17) is 0 Å². The van der Waals surface area contributed by atoms with Crippen LogP contribution in [0.5, 0.6) is 0 Å². The van der Waals surface area contributed by atoms with Crippen LogP contribution in [0.3, 0.4) is 0 Å². The minimum Gasteiger partial charge on any atom is -0.339 e. The van der Waals surface area contributed by atoms with Crippen molar-refractivity contribution in [1.29, 1.82) is 0 Å². The molecule has 0 aromatic heterocycles. The van der Waals surface area contributed by atoms with E-state index in [2.05, 4.69) is 29.0 Å². The third kappa shape index (κ3) is 3.52. The van der Waals surface area contributed by atoms with Gasteiger partial charge in [0.25, 0.3) is 0 Å². The zero-order valence-corrected chi connectivity index (χ0v) is 15.4. The number of likely N-dealkylation sites (tertiary alicyclic amines) is 1. The van der Waals surface area contributed by atoms with Gasteiger partial charge in [-0.05, 0) is 29.0 Å². The van der Waals surface area contributed by atoms with E-state index in [1.807, 2.05) is 30.3 Å². The maximum atomic E-state index is 12.7. The Morgan fingerprint density at radius 1 is 1.04 bits per heavy atom. The number of hydrogen-bond acceptors (Lipinski definition) is 3. The molecule has 2 fully saturated rings. The Bertz CT molecular complexity index is 921. The second-order valence-corrected chi connectivity index (χ2v) is 9.01. The van der Waals surface area contributed by atoms with E-state index in [0.717, 1.165) is 12.7 Å². The molecule has 0 bridgehead atoms. The molecule has 2 aromatic carbocycles. The first-order valence-electron chi connectivity index (χ1n) is 8.83. The van der Waals surface area contributed by atoms with Crippen LogP contribution in [0.15, 0.2) is 54.6 Å². The summed E-state index contributed by atoms with van der Waals surface area (Å²) < 4.78 is 25.1. The van der Waals surface area contributed by atoms with Crippen LogP contribution in [0.25, 0.3) is 11.1 Å². The fraction of sp³-hybridized carbons (Fsp3) is 0.350. The molecule has 0 radical (unpaired) electrons. The monoisotopic (exact) mass is 370 g/mol. The molecule has 1 heterocycles. The molecule has 136 valence electrons. The van der Waals surface area contributed by atoms with Gasteiger partial charge in [-0.15, -0.1) is 0 Å². The van der Waals surface area contributed by atoms with Gasteiger partial charge in [0.15, 0.2) is 0 Å². The van der Waals surface area contributed by atoms with Crippen molar-refractivity contribution in [3.05, 3.63) is 60.2 Å². The van der Waals surface area contributed by atoms with Crippen LogP contribution in [0.2, 0.25) is 0 Å². The van der Waals surface area contributed by atoms with E-state index < -0.39 is 10.0 Å². The zero-order valence-electron chi connectivity index (χ0n) is 14.6. The SMILES string of the molecule is CS(=O)(=O)NC1CN(C(=O)[C@@H]2C[C@H]2c2ccccc2-c2ccccc2)C1. The van der Waals surface area contributed by atoms with Crippen LogP contribution in [-0.2, 0) is 14.8 Å². The summed E-state index contributed by atoms with van der Waals surface area (Å²) in [4.78, 5) is 14.4. The van der Waals surface area contributed by atoms with Crippen molar-refractivity contribution >= 4 is 15.9 Å². The molecule has 26 heavy (non-hydrogen) atoms. The predicted molar refractivity (Wildman–Crippen MR) is 101 cm³/mol. The Morgan fingerprint density at radius 3 is 2.38 bits per heavy atom. The van der Waals surface area contributed by atoms with E-state index in [9.17, 15) is 13.2 Å². The van der Waals surface area contributed by atoms with E-state index in [0.29, 0.717) is 13.1 Å². The summed E-state index contributed by atoms with van der Waals surface area (Å²) in [6.45, 7) is 0.935. The standard InChI is InChI=1S/C20H22N2O3S/c1-26(24,25)21-15-12-22(13-15)20(23)19-11-18(19)17-10-6-5-9-16(17)14-7-3-2-4-8-14/h2-10,15,18-19,21H,11-13H2,1H3/t18-,19+/m0/s1. The van der Waals surface area contributed by atoms with Gasteiger partial charge in [0.2, 0.25) is 15.9 Å². The fourth-order valence-corrected chi connectivity index (χ4v) is 4.54. The third-order valence-corrected chi connectivity index (χ3v) is 5.89. The van der Waals surface area contributed by atoms with E-state index in [-0.39, 0.29) is 23.8 Å². The maximum absolute atomic E-state index is 12.7. The van der Waals surface area contributed by atoms with Gasteiger partial charge < -0.3 is 4.90 Å². The average Bonchev–Trinajstić information content (AvgIpc) is 3.38. The average molecular weight is 370 g/mol. The molecule has 1 saturated heterocycles. The molecule has 0 spiro atoms. The van der Waals surface area contributed by atoms with Gasteiger partial charge in [0, 0.05) is 19.0 Å². The predicted octanol–water partition coefficient (Wildman–Crippen LogP) is 2.22. The molecule has 6 heteroatoms. The first-order valence-corrected chi connectivity index (χ1v) is 10.7. The van der Waals surface area contributed by atoms with Crippen molar-refractivity contribution in [1.82, 2.24) is 9.62 Å². The summed E-state index contributed by atoms with van der Waals surface area (Å²) >= 11 is 0. The topological polar surface area (TPSA) is 66.5 Å². The molecule has 1 saturated carbocycles. The van der Waals surface area contributed by atoms with Crippen molar-refractivity contribution in [2.45, 2.75) is 18.4 Å². The molecular formula is C20H22N2O3S. The smallest absolute Gasteiger partial charge is 0.226 e. The van der Waals surface area contributed by atoms with Crippen molar-refractivity contribution in [2.24, 2.45) is 5.92 Å². The molecule has 1 amide bonds. The molecule has 1 N–H and O–H groups in total. The molecule has 2 aromatic rings. The van der Waals surface area contributed by atoms with Gasteiger partial charge in [-0.1, -0.05) is 54.6 Å². The highest BCUT2D eigenvalue weighted by molar-refractivity contribution is 7.88. The van der Waals surface area contributed by atoms with Crippen LogP contribution in [0.4, 0.5) is 0 Å². The van der Waals surface area contributed by atoms with Gasteiger partial charge in [0.05, 0.1) is 12.3 Å². The highest BCUT2D eigenvalue weighted by Gasteiger charge is 2.48. The molecule has 2 aliphatic rings. The number of carbonyl (C=O) groups is 1. The van der Waals surface area contributed by atoms with Crippen molar-refractivity contribution in [2.75, 3.05) is 19.3 Å². The highest BCUT2D eigenvalue weighted by Crippen LogP contribution is 2.51. The van der Waals surface area contributed by atoms with Gasteiger partial charge in [-0.3, -0.25) is 4.79 Å². The van der Waals surface area contributed by atoms with Gasteiger partial charge >= 0.3 is 0 Å². The minimum absolute atomic E-state index is 0.0130. The molecule has 0 unspecified atom stereocenters. The molecule has 1 aliphatic heterocycles. The number of nitrogens with one attached hydrogen (secondary N) is 1. The summed E-state index contributed by atoms with van der Waals surface area (Å²) in [5, 5.41) is 0. The van der Waals surface area contributed by atoms with Gasteiger partial charge in [-0.25, -0.2) is 13.1 Å². The highest BCUT2D eigenvalue weighted by atomic mass is 32.2. The first kappa shape index (κ1) is 17.2. The second-order valence-electron chi connectivity index (χ2n) is 7.23. The Labute approximate surface area is 154 Å². The van der Waals surface area contributed by atoms with E-state index >= 15 is 0 Å². The van der Waals surface area contributed by atoms with Crippen molar-refractivity contribution in [3.63, 3.8) is 0 Å². The Hall–Kier alpha value is -2.18. The summed E-state index contributed by atoms with van der Waals surface area (Å²) in [5.74, 6) is 0.407. The molecule has 1 aliphatic carbocycles. The van der Waals surface area contributed by atoms with Crippen LogP contribution in [0.1, 0.15) is 17.9 Å². The zero-order chi connectivity index (χ0) is 18.3. The quantitative estimate of drug-likeness (QED) is 0.878. The number of hydrogen-bond donors (Lipinski definition) is 1. The van der Waals surface area contributed by atoms with E-state index in [1.54, 1.807) is 4.90 Å². The fourth-order valence-electron chi connectivity index (χ4n) is 3.78. The lowest BCUT2D eigenvalue weighted by Gasteiger charge is -2.39. The lowest BCUT2D eigenvalue weighted by molar-refractivity contribution is -0.137. The summed E-state index contributed by atoms with van der Waals surface area (Å²) in [7, 11) is -3.22. The number of carbonyl (C=O) groups excluding carboxylic acids is 1. The molecule has 4 rings (SSSR count). The number of amides is 1. The summed E-state index contributed by atoms with van der Waals surface area (Å²) in [5.41, 5.74) is 3.58. The normalized spacial score (nSPS) is 22.7. The number of rotatable bonds is 5. The molecular weight excluding hydrogens is 348 g/mol. The number of benzene rings is 2. The van der Waals surface area contributed by atoms with Gasteiger partial charge in [0.1, 0.15) is 0 Å². The number of sulfonamides is 1. The first-order chi connectivity index (χ1) is 12.4. The van der Waals surface area contributed by atoms with Crippen LogP contribution in [-0.4, -0.2) is 44.6 Å². The molecule has 5 nitrogen and oxygen atoms in total. The Kier molecular flexibility index (Phi) is 4.32. The lowest BCUT2D eigenvalue weighted by Crippen LogP contribution is -2.61. The summed E-state index contributed by atoms with van der Waals surface area (Å²) in [6, 6.07) is 18.4. The second kappa shape index (κ2) is 6.52. The van der Waals surface area contributed by atoms with E-state index in [1.165, 1.54) is 16.7 Å². The van der Waals surface area contributed by atoms with Crippen LogP contribution in [0, 0.1) is 5.92 Å². The van der Waals surface area contributed by atoms with Crippen LogP contribution >= 0.6 is 0 Å². The van der Waals surface area contributed by atoms with Crippen molar-refractivity contribution in [3.8, 4) is 11.1 Å². The largest absolute Gasteiger partial charge is 0.339 e. The maximum Gasteiger partial charge on any atom is 0.226 e. The van der Waals surface area contributed by atoms with Gasteiger partial charge in [-0.2, -0.15) is 0 Å². The third-order valence-electron chi connectivity index (χ3n) is 5.13. The Morgan fingerprint density at radius 2 is 1.69 bits per heavy atom. The lowest BCUT2D eigenvalue weighted by atomic mass is 9.95. The summed E-state index contributed by atoms with van der Waals surface area (Å²) in [6.07, 6.45) is 2.01.